The number of amides is 1. The molecule has 1 amide bonds. The Bertz CT molecular complexity index is 1300. The summed E-state index contributed by atoms with van der Waals surface area (Å²) in [6.45, 7) is 0.469. The number of sulfonamides is 1. The average Bonchev–Trinajstić information content (AvgIpc) is 3.39. The lowest BCUT2D eigenvalue weighted by atomic mass is 10.1. The Morgan fingerprint density at radius 3 is 2.27 bits per heavy atom. The molecule has 168 valence electrons. The Morgan fingerprint density at radius 1 is 0.939 bits per heavy atom. The lowest BCUT2D eigenvalue weighted by molar-refractivity contribution is 0.0954. The highest BCUT2D eigenvalue weighted by Gasteiger charge is 2.21. The summed E-state index contributed by atoms with van der Waals surface area (Å²) >= 11 is 0. The van der Waals surface area contributed by atoms with E-state index in [1.807, 2.05) is 42.6 Å². The summed E-state index contributed by atoms with van der Waals surface area (Å²) in [7, 11) is -2.21. The molecule has 0 spiro atoms. The number of hydrogen-bond donors (Lipinski definition) is 1. The van der Waals surface area contributed by atoms with Crippen molar-refractivity contribution in [3.05, 3.63) is 108 Å². The number of carbonyl (C=O) groups excluding carboxylic acids is 1. The van der Waals surface area contributed by atoms with E-state index >= 15 is 0 Å². The van der Waals surface area contributed by atoms with Gasteiger partial charge in [-0.05, 0) is 66.6 Å². The van der Waals surface area contributed by atoms with Crippen molar-refractivity contribution in [2.24, 2.45) is 0 Å². The van der Waals surface area contributed by atoms with Gasteiger partial charge in [-0.1, -0.05) is 30.3 Å². The van der Waals surface area contributed by atoms with E-state index in [2.05, 4.69) is 10.4 Å². The van der Waals surface area contributed by atoms with Crippen molar-refractivity contribution < 1.29 is 13.2 Å². The van der Waals surface area contributed by atoms with Crippen LogP contribution in [0.15, 0.2) is 102 Å². The molecule has 1 aromatic heterocycles. The summed E-state index contributed by atoms with van der Waals surface area (Å²) in [6.07, 6.45) is 4.29. The van der Waals surface area contributed by atoms with Crippen molar-refractivity contribution in [2.75, 3.05) is 17.9 Å². The summed E-state index contributed by atoms with van der Waals surface area (Å²) in [5.74, 6) is -0.247. The highest BCUT2D eigenvalue weighted by Crippen LogP contribution is 2.22. The van der Waals surface area contributed by atoms with Gasteiger partial charge in [-0.3, -0.25) is 9.10 Å². The highest BCUT2D eigenvalue weighted by atomic mass is 32.2. The molecule has 4 aromatic rings. The Hall–Kier alpha value is -3.91. The number of aromatic nitrogens is 2. The second kappa shape index (κ2) is 9.70. The van der Waals surface area contributed by atoms with Crippen LogP contribution < -0.4 is 9.62 Å². The first-order valence-corrected chi connectivity index (χ1v) is 11.9. The average molecular weight is 461 g/mol. The van der Waals surface area contributed by atoms with Crippen LogP contribution in [0.2, 0.25) is 0 Å². The predicted molar refractivity (Wildman–Crippen MR) is 128 cm³/mol. The zero-order chi connectivity index (χ0) is 23.3. The van der Waals surface area contributed by atoms with Crippen LogP contribution in [0.1, 0.15) is 15.9 Å². The van der Waals surface area contributed by atoms with Crippen molar-refractivity contribution >= 4 is 21.6 Å². The summed E-state index contributed by atoms with van der Waals surface area (Å²) in [5.41, 5.74) is 3.04. The molecule has 0 unspecified atom stereocenters. The number of rotatable bonds is 8. The van der Waals surface area contributed by atoms with Gasteiger partial charge in [0, 0.05) is 31.5 Å². The van der Waals surface area contributed by atoms with Crippen LogP contribution in [0.5, 0.6) is 0 Å². The maximum absolute atomic E-state index is 12.9. The van der Waals surface area contributed by atoms with Gasteiger partial charge in [0.05, 0.1) is 16.3 Å². The van der Waals surface area contributed by atoms with Gasteiger partial charge in [-0.2, -0.15) is 5.10 Å². The Kier molecular flexibility index (Phi) is 6.55. The third-order valence-corrected chi connectivity index (χ3v) is 7.10. The number of para-hydroxylation sites is 1. The van der Waals surface area contributed by atoms with Crippen molar-refractivity contribution in [1.82, 2.24) is 15.1 Å². The first-order chi connectivity index (χ1) is 15.9. The second-order valence-corrected chi connectivity index (χ2v) is 9.42. The van der Waals surface area contributed by atoms with Crippen LogP contribution in [0.4, 0.5) is 5.69 Å². The molecule has 1 N–H and O–H groups in total. The molecule has 0 fully saturated rings. The molecule has 33 heavy (non-hydrogen) atoms. The van der Waals surface area contributed by atoms with E-state index in [9.17, 15) is 13.2 Å². The predicted octanol–water partition coefficient (Wildman–Crippen LogP) is 3.67. The summed E-state index contributed by atoms with van der Waals surface area (Å²) in [5, 5.41) is 7.08. The fourth-order valence-electron chi connectivity index (χ4n) is 3.37. The molecular weight excluding hydrogens is 436 g/mol. The number of carbonyl (C=O) groups is 1. The third-order valence-electron chi connectivity index (χ3n) is 5.30. The normalized spacial score (nSPS) is 11.2. The number of anilines is 1. The standard InChI is InChI=1S/C25H24N4O3S/c1-28(22-6-3-2-4-7-22)33(31,32)24-14-10-21(11-15-24)25(30)26-18-16-20-8-12-23(13-9-20)29-19-5-17-27-29/h2-15,17,19H,16,18H2,1H3,(H,26,30). The minimum Gasteiger partial charge on any atom is -0.352 e. The fourth-order valence-corrected chi connectivity index (χ4v) is 4.57. The van der Waals surface area contributed by atoms with Crippen LogP contribution >= 0.6 is 0 Å². The van der Waals surface area contributed by atoms with Gasteiger partial charge in [0.2, 0.25) is 0 Å². The maximum Gasteiger partial charge on any atom is 0.264 e. The molecular formula is C25H24N4O3S. The molecule has 8 heteroatoms. The first-order valence-electron chi connectivity index (χ1n) is 10.5. The van der Waals surface area contributed by atoms with Crippen molar-refractivity contribution in [3.63, 3.8) is 0 Å². The molecule has 1 heterocycles. The number of nitrogens with one attached hydrogen (secondary N) is 1. The third kappa shape index (κ3) is 5.12. The Morgan fingerprint density at radius 2 is 1.64 bits per heavy atom. The van der Waals surface area contributed by atoms with E-state index in [-0.39, 0.29) is 10.8 Å². The minimum atomic E-state index is -3.71. The smallest absolute Gasteiger partial charge is 0.264 e. The first kappa shape index (κ1) is 22.3. The maximum atomic E-state index is 12.9. The van der Waals surface area contributed by atoms with Crippen molar-refractivity contribution in [1.29, 1.82) is 0 Å². The minimum absolute atomic E-state index is 0.127. The molecule has 3 aromatic carbocycles. The summed E-state index contributed by atoms with van der Waals surface area (Å²) < 4.78 is 28.7. The van der Waals surface area contributed by atoms with Crippen LogP contribution in [-0.2, 0) is 16.4 Å². The van der Waals surface area contributed by atoms with Crippen LogP contribution in [0.25, 0.3) is 5.69 Å². The zero-order valence-electron chi connectivity index (χ0n) is 18.1. The van der Waals surface area contributed by atoms with Gasteiger partial charge in [-0.15, -0.1) is 0 Å². The molecule has 7 nitrogen and oxygen atoms in total. The fraction of sp³-hybridized carbons (Fsp3) is 0.120. The van der Waals surface area contributed by atoms with E-state index in [1.165, 1.54) is 35.6 Å². The molecule has 0 aliphatic carbocycles. The highest BCUT2D eigenvalue weighted by molar-refractivity contribution is 7.92. The van der Waals surface area contributed by atoms with Gasteiger partial charge >= 0.3 is 0 Å². The van der Waals surface area contributed by atoms with Crippen molar-refractivity contribution in [2.45, 2.75) is 11.3 Å². The van der Waals surface area contributed by atoms with Crippen LogP contribution in [-0.4, -0.2) is 37.7 Å². The van der Waals surface area contributed by atoms with Gasteiger partial charge in [-0.25, -0.2) is 13.1 Å². The summed E-state index contributed by atoms with van der Waals surface area (Å²) in [4.78, 5) is 12.6. The van der Waals surface area contributed by atoms with Gasteiger partial charge < -0.3 is 5.32 Å². The number of nitrogens with zero attached hydrogens (tertiary/aromatic N) is 3. The van der Waals surface area contributed by atoms with Gasteiger partial charge in [0.25, 0.3) is 15.9 Å². The van der Waals surface area contributed by atoms with Crippen LogP contribution in [0, 0.1) is 0 Å². The second-order valence-electron chi connectivity index (χ2n) is 7.46. The molecule has 0 bridgehead atoms. The Labute approximate surface area is 193 Å². The zero-order valence-corrected chi connectivity index (χ0v) is 18.9. The lowest BCUT2D eigenvalue weighted by Gasteiger charge is -2.19. The van der Waals surface area contributed by atoms with Crippen molar-refractivity contribution in [3.8, 4) is 5.69 Å². The molecule has 0 aliphatic rings. The quantitative estimate of drug-likeness (QED) is 0.435. The monoisotopic (exact) mass is 460 g/mol. The topological polar surface area (TPSA) is 84.3 Å². The van der Waals surface area contributed by atoms with Gasteiger partial charge in [0.15, 0.2) is 0 Å². The molecule has 4 rings (SSSR count). The summed E-state index contributed by atoms with van der Waals surface area (Å²) in [6, 6.07) is 24.7. The molecule has 0 aliphatic heterocycles. The van der Waals surface area contributed by atoms with E-state index in [0.29, 0.717) is 24.2 Å². The van der Waals surface area contributed by atoms with Gasteiger partial charge in [0.1, 0.15) is 0 Å². The Balaban J connectivity index is 1.34. The molecule has 0 saturated carbocycles. The van der Waals surface area contributed by atoms with E-state index in [0.717, 1.165) is 11.3 Å². The lowest BCUT2D eigenvalue weighted by Crippen LogP contribution is -2.27. The number of hydrogen-bond acceptors (Lipinski definition) is 4. The SMILES string of the molecule is CN(c1ccccc1)S(=O)(=O)c1ccc(C(=O)NCCc2ccc(-n3cccn3)cc2)cc1. The van der Waals surface area contributed by atoms with E-state index in [4.69, 9.17) is 0 Å². The van der Waals surface area contributed by atoms with E-state index in [1.54, 1.807) is 35.1 Å². The molecule has 0 radical (unpaired) electrons. The molecule has 0 saturated heterocycles. The van der Waals surface area contributed by atoms with Crippen LogP contribution in [0.3, 0.4) is 0 Å². The number of benzene rings is 3. The molecule has 0 atom stereocenters. The largest absolute Gasteiger partial charge is 0.352 e. The van der Waals surface area contributed by atoms with E-state index < -0.39 is 10.0 Å².